The number of hydrogen-bond donors (Lipinski definition) is 1. The van der Waals surface area contributed by atoms with Crippen LogP contribution in [0.5, 0.6) is 0 Å². The molecule has 1 saturated carbocycles. The summed E-state index contributed by atoms with van der Waals surface area (Å²) in [6, 6.07) is 4.16. The number of aromatic nitrogens is 5. The van der Waals surface area contributed by atoms with Gasteiger partial charge in [-0.3, -0.25) is 4.98 Å². The van der Waals surface area contributed by atoms with Crippen LogP contribution in [0.4, 0.5) is 22.0 Å². The van der Waals surface area contributed by atoms with Crippen molar-refractivity contribution in [3.8, 4) is 22.0 Å². The fraction of sp³-hybridized carbons (Fsp3) is 0.364. The Kier molecular flexibility index (Phi) is 5.67. The summed E-state index contributed by atoms with van der Waals surface area (Å²) in [5.41, 5.74) is 0.150. The van der Waals surface area contributed by atoms with Crippen LogP contribution >= 0.6 is 11.5 Å². The molecule has 4 aromatic rings. The van der Waals surface area contributed by atoms with E-state index in [0.29, 0.717) is 23.7 Å². The Bertz CT molecular complexity index is 1590. The zero-order chi connectivity index (χ0) is 26.0. The molecule has 36 heavy (non-hydrogen) atoms. The van der Waals surface area contributed by atoms with Crippen molar-refractivity contribution in [1.29, 1.82) is 4.78 Å². The molecule has 1 N–H and O–H groups in total. The van der Waals surface area contributed by atoms with E-state index in [4.69, 9.17) is 4.78 Å². The molecule has 14 heteroatoms. The van der Waals surface area contributed by atoms with Crippen molar-refractivity contribution < 1.29 is 26.2 Å². The molecule has 1 aliphatic carbocycles. The molecule has 0 aromatic carbocycles. The van der Waals surface area contributed by atoms with Gasteiger partial charge in [-0.05, 0) is 42.6 Å². The maximum Gasteiger partial charge on any atom is 0.458 e. The maximum atomic E-state index is 13.9. The Morgan fingerprint density at radius 3 is 2.50 bits per heavy atom. The number of fused-ring (bicyclic) bond motifs is 1. The molecule has 0 aliphatic heterocycles. The van der Waals surface area contributed by atoms with E-state index in [1.807, 2.05) is 6.07 Å². The largest absolute Gasteiger partial charge is 0.458 e. The van der Waals surface area contributed by atoms with E-state index < -0.39 is 27.4 Å². The van der Waals surface area contributed by atoms with Crippen molar-refractivity contribution in [2.24, 2.45) is 7.05 Å². The van der Waals surface area contributed by atoms with E-state index in [9.17, 15) is 26.2 Å². The summed E-state index contributed by atoms with van der Waals surface area (Å²) in [7, 11) is -1.84. The van der Waals surface area contributed by atoms with Gasteiger partial charge in [0.2, 0.25) is 0 Å². The lowest BCUT2D eigenvalue weighted by Gasteiger charge is -2.19. The van der Waals surface area contributed by atoms with E-state index in [1.54, 1.807) is 13.0 Å². The summed E-state index contributed by atoms with van der Waals surface area (Å²) in [6.45, 7) is 1.59. The second kappa shape index (κ2) is 8.26. The second-order valence-corrected chi connectivity index (χ2v) is 11.7. The van der Waals surface area contributed by atoms with Crippen LogP contribution in [0.1, 0.15) is 36.9 Å². The molecule has 4 aromatic heterocycles. The topological polar surface area (TPSA) is 97.4 Å². The Morgan fingerprint density at radius 1 is 1.14 bits per heavy atom. The highest BCUT2D eigenvalue weighted by molar-refractivity contribution is 7.92. The van der Waals surface area contributed by atoms with Crippen molar-refractivity contribution >= 4 is 32.4 Å². The number of hydrogen-bond acceptors (Lipinski definition) is 7. The fourth-order valence-electron chi connectivity index (χ4n) is 3.77. The first-order valence-corrected chi connectivity index (χ1v) is 13.3. The quantitative estimate of drug-likeness (QED) is 0.297. The molecule has 0 spiro atoms. The summed E-state index contributed by atoms with van der Waals surface area (Å²) in [4.78, 5) is 13.3. The smallest absolute Gasteiger partial charge is 0.310 e. The molecule has 0 saturated heterocycles. The van der Waals surface area contributed by atoms with E-state index in [-0.39, 0.29) is 33.3 Å². The fourth-order valence-corrected chi connectivity index (χ4v) is 5.65. The molecule has 0 bridgehead atoms. The lowest BCUT2D eigenvalue weighted by Crippen LogP contribution is -2.33. The number of nitrogens with one attached hydrogen (secondary N) is 1. The molecule has 1 aliphatic rings. The van der Waals surface area contributed by atoms with Crippen LogP contribution in [-0.2, 0) is 22.7 Å². The number of nitrogens with zero attached hydrogens (tertiary/aromatic N) is 5. The van der Waals surface area contributed by atoms with Gasteiger partial charge in [0.15, 0.2) is 11.5 Å². The minimum absolute atomic E-state index is 0.0225. The molecule has 0 amide bonds. The van der Waals surface area contributed by atoms with Gasteiger partial charge in [0.1, 0.15) is 11.2 Å². The van der Waals surface area contributed by atoms with Crippen LogP contribution in [-0.4, -0.2) is 40.0 Å². The van der Waals surface area contributed by atoms with E-state index >= 15 is 0 Å². The monoisotopic (exact) mass is 542 g/mol. The maximum absolute atomic E-state index is 13.9. The Labute approximate surface area is 206 Å². The lowest BCUT2D eigenvalue weighted by atomic mass is 10.1. The normalized spacial score (nSPS) is 16.4. The number of alkyl halides is 5. The van der Waals surface area contributed by atoms with Gasteiger partial charge in [-0.2, -0.15) is 26.3 Å². The van der Waals surface area contributed by atoms with Crippen molar-refractivity contribution in [2.45, 2.75) is 42.7 Å². The number of rotatable bonds is 6. The minimum atomic E-state index is -5.79. The molecule has 1 atom stereocenters. The molecule has 1 fully saturated rings. The van der Waals surface area contributed by atoms with E-state index in [0.717, 1.165) is 23.4 Å². The Balaban J connectivity index is 1.65. The summed E-state index contributed by atoms with van der Waals surface area (Å²) in [6.07, 6.45) is -1.65. The molecule has 0 radical (unpaired) electrons. The molecule has 7 nitrogen and oxygen atoms in total. The van der Waals surface area contributed by atoms with Crippen molar-refractivity contribution in [1.82, 2.24) is 23.9 Å². The Hall–Kier alpha value is -3.00. The molecule has 190 valence electrons. The highest BCUT2D eigenvalue weighted by Gasteiger charge is 2.59. The average molecular weight is 543 g/mol. The molecule has 4 heterocycles. The first-order chi connectivity index (χ1) is 16.8. The van der Waals surface area contributed by atoms with Gasteiger partial charge in [0.05, 0.1) is 30.8 Å². The number of aryl methyl sites for hydroxylation is 1. The standard InChI is InChI=1S/C22H19F5N6OS2/c1-3-36(28,34)17-6-12(16-8-14(32-35-16)11-4-5-11)9-29-18(17)20-31-15-7-13(10-30-19(15)33(20)2)21(23,24)22(25,26)27/h6-11,28H,3-5H2,1-2H3. The van der Waals surface area contributed by atoms with Gasteiger partial charge in [0.25, 0.3) is 0 Å². The van der Waals surface area contributed by atoms with Crippen LogP contribution < -0.4 is 0 Å². The van der Waals surface area contributed by atoms with Crippen LogP contribution in [0, 0.1) is 4.78 Å². The SMILES string of the molecule is CCS(=N)(=O)c1cc(-c2cc(C3CC3)ns2)cnc1-c1nc2cc(C(F)(F)C(F)(F)F)cnc2n1C. The third-order valence-corrected chi connectivity index (χ3v) is 8.75. The van der Waals surface area contributed by atoms with E-state index in [2.05, 4.69) is 19.3 Å². The van der Waals surface area contributed by atoms with Gasteiger partial charge >= 0.3 is 12.1 Å². The van der Waals surface area contributed by atoms with Gasteiger partial charge in [-0.1, -0.05) is 6.92 Å². The van der Waals surface area contributed by atoms with Gasteiger partial charge < -0.3 is 4.57 Å². The molecular formula is C22H19F5N6OS2. The van der Waals surface area contributed by atoms with Crippen LogP contribution in [0.25, 0.3) is 33.1 Å². The summed E-state index contributed by atoms with van der Waals surface area (Å²) in [5, 5.41) is 0. The molecular weight excluding hydrogens is 523 g/mol. The highest BCUT2D eigenvalue weighted by Crippen LogP contribution is 2.45. The highest BCUT2D eigenvalue weighted by atomic mass is 32.2. The van der Waals surface area contributed by atoms with Crippen molar-refractivity contribution in [3.05, 3.63) is 41.9 Å². The number of imidazole rings is 1. The second-order valence-electron chi connectivity index (χ2n) is 8.56. The predicted molar refractivity (Wildman–Crippen MR) is 124 cm³/mol. The number of halogens is 5. The first-order valence-electron chi connectivity index (χ1n) is 10.8. The Morgan fingerprint density at radius 2 is 1.86 bits per heavy atom. The summed E-state index contributed by atoms with van der Waals surface area (Å²) in [5.74, 6) is -4.64. The third kappa shape index (κ3) is 4.05. The zero-order valence-corrected chi connectivity index (χ0v) is 20.6. The zero-order valence-electron chi connectivity index (χ0n) is 18.9. The molecule has 5 rings (SSSR count). The molecule has 1 unspecified atom stereocenters. The predicted octanol–water partition coefficient (Wildman–Crippen LogP) is 6.11. The summed E-state index contributed by atoms with van der Waals surface area (Å²) < 4.78 is 93.8. The first kappa shape index (κ1) is 24.7. The lowest BCUT2D eigenvalue weighted by molar-refractivity contribution is -0.289. The van der Waals surface area contributed by atoms with Crippen LogP contribution in [0.2, 0.25) is 0 Å². The minimum Gasteiger partial charge on any atom is -0.310 e. The summed E-state index contributed by atoms with van der Waals surface area (Å²) >= 11 is 1.27. The third-order valence-electron chi connectivity index (χ3n) is 6.06. The number of pyridine rings is 2. The van der Waals surface area contributed by atoms with E-state index in [1.165, 1.54) is 29.3 Å². The van der Waals surface area contributed by atoms with Gasteiger partial charge in [-0.15, -0.1) is 0 Å². The van der Waals surface area contributed by atoms with Gasteiger partial charge in [-0.25, -0.2) is 19.0 Å². The van der Waals surface area contributed by atoms with Crippen LogP contribution in [0.15, 0.2) is 35.5 Å². The van der Waals surface area contributed by atoms with Crippen molar-refractivity contribution in [3.63, 3.8) is 0 Å². The van der Waals surface area contributed by atoms with Gasteiger partial charge in [0, 0.05) is 36.7 Å². The van der Waals surface area contributed by atoms with Crippen LogP contribution in [0.3, 0.4) is 0 Å². The van der Waals surface area contributed by atoms with Crippen molar-refractivity contribution in [2.75, 3.05) is 5.75 Å². The average Bonchev–Trinajstić information content (AvgIpc) is 3.47.